The number of carbonyl (C=O) groups excluding carboxylic acids is 1. The van der Waals surface area contributed by atoms with E-state index < -0.39 is 6.04 Å². The van der Waals surface area contributed by atoms with E-state index in [1.54, 1.807) is 13.1 Å². The van der Waals surface area contributed by atoms with Crippen LogP contribution in [0, 0.1) is 6.92 Å². The third-order valence-corrected chi connectivity index (χ3v) is 1.56. The molecule has 0 radical (unpaired) electrons. The molecular formula is C7H11N3O2. The van der Waals surface area contributed by atoms with Gasteiger partial charge >= 0.3 is 5.97 Å². The number of aromatic nitrogens is 3. The molecule has 0 aliphatic rings. The maximum absolute atomic E-state index is 11.0. The van der Waals surface area contributed by atoms with Gasteiger partial charge in [-0.1, -0.05) is 5.21 Å². The monoisotopic (exact) mass is 169 g/mol. The Morgan fingerprint density at radius 2 is 2.42 bits per heavy atom. The Morgan fingerprint density at radius 3 is 2.83 bits per heavy atom. The average molecular weight is 169 g/mol. The summed E-state index contributed by atoms with van der Waals surface area (Å²) in [6.45, 7) is 3.52. The second-order valence-electron chi connectivity index (χ2n) is 2.54. The van der Waals surface area contributed by atoms with Crippen molar-refractivity contribution in [2.75, 3.05) is 7.11 Å². The molecule has 0 fully saturated rings. The van der Waals surface area contributed by atoms with E-state index in [1.165, 1.54) is 11.8 Å². The van der Waals surface area contributed by atoms with E-state index in [0.29, 0.717) is 0 Å². The third kappa shape index (κ3) is 1.61. The molecule has 0 spiro atoms. The first-order valence-electron chi connectivity index (χ1n) is 3.61. The molecule has 0 aromatic carbocycles. The molecule has 0 saturated carbocycles. The highest BCUT2D eigenvalue weighted by atomic mass is 16.5. The third-order valence-electron chi connectivity index (χ3n) is 1.56. The van der Waals surface area contributed by atoms with Crippen molar-refractivity contribution in [1.29, 1.82) is 0 Å². The molecule has 1 aromatic rings. The molecule has 0 aliphatic heterocycles. The highest BCUT2D eigenvalue weighted by Gasteiger charge is 2.15. The van der Waals surface area contributed by atoms with Gasteiger partial charge in [0.2, 0.25) is 0 Å². The number of hydrogen-bond donors (Lipinski definition) is 0. The first-order chi connectivity index (χ1) is 5.65. The lowest BCUT2D eigenvalue weighted by Gasteiger charge is -2.07. The number of carbonyl (C=O) groups is 1. The quantitative estimate of drug-likeness (QED) is 0.598. The van der Waals surface area contributed by atoms with Crippen LogP contribution in [0.1, 0.15) is 18.7 Å². The van der Waals surface area contributed by atoms with Crippen molar-refractivity contribution in [3.8, 4) is 0 Å². The Balaban J connectivity index is 2.77. The molecule has 1 aromatic heterocycles. The van der Waals surface area contributed by atoms with Crippen LogP contribution in [-0.2, 0) is 9.53 Å². The van der Waals surface area contributed by atoms with Crippen LogP contribution in [0.5, 0.6) is 0 Å². The summed E-state index contributed by atoms with van der Waals surface area (Å²) in [7, 11) is 1.35. The van der Waals surface area contributed by atoms with E-state index in [0.717, 1.165) is 5.69 Å². The molecule has 1 heterocycles. The largest absolute Gasteiger partial charge is 0.467 e. The van der Waals surface area contributed by atoms with Crippen molar-refractivity contribution >= 4 is 5.97 Å². The first kappa shape index (κ1) is 8.70. The molecule has 0 amide bonds. The van der Waals surface area contributed by atoms with E-state index in [4.69, 9.17) is 0 Å². The molecule has 1 atom stereocenters. The summed E-state index contributed by atoms with van der Waals surface area (Å²) >= 11 is 0. The molecule has 0 unspecified atom stereocenters. The first-order valence-corrected chi connectivity index (χ1v) is 3.61. The van der Waals surface area contributed by atoms with Gasteiger partial charge in [0.1, 0.15) is 6.04 Å². The van der Waals surface area contributed by atoms with Gasteiger partial charge in [-0.2, -0.15) is 0 Å². The molecule has 0 bridgehead atoms. The van der Waals surface area contributed by atoms with Crippen LogP contribution in [0.15, 0.2) is 6.20 Å². The summed E-state index contributed by atoms with van der Waals surface area (Å²) in [5.74, 6) is -0.320. The van der Waals surface area contributed by atoms with Crippen molar-refractivity contribution in [1.82, 2.24) is 15.0 Å². The van der Waals surface area contributed by atoms with Crippen LogP contribution >= 0.6 is 0 Å². The lowest BCUT2D eigenvalue weighted by molar-refractivity contribution is -0.144. The van der Waals surface area contributed by atoms with E-state index >= 15 is 0 Å². The smallest absolute Gasteiger partial charge is 0.330 e. The average Bonchev–Trinajstić information content (AvgIpc) is 2.49. The van der Waals surface area contributed by atoms with Gasteiger partial charge in [-0.25, -0.2) is 9.48 Å². The maximum atomic E-state index is 11.0. The zero-order chi connectivity index (χ0) is 9.14. The normalized spacial score (nSPS) is 12.6. The molecule has 0 saturated heterocycles. The van der Waals surface area contributed by atoms with E-state index in [9.17, 15) is 4.79 Å². The number of ether oxygens (including phenoxy) is 1. The Morgan fingerprint density at radius 1 is 1.75 bits per heavy atom. The van der Waals surface area contributed by atoms with Gasteiger partial charge < -0.3 is 4.74 Å². The molecule has 5 nitrogen and oxygen atoms in total. The fraction of sp³-hybridized carbons (Fsp3) is 0.571. The van der Waals surface area contributed by atoms with Gasteiger partial charge in [-0.15, -0.1) is 5.10 Å². The van der Waals surface area contributed by atoms with E-state index in [2.05, 4.69) is 15.0 Å². The number of methoxy groups -OCH3 is 1. The van der Waals surface area contributed by atoms with E-state index in [1.807, 2.05) is 6.92 Å². The van der Waals surface area contributed by atoms with Gasteiger partial charge in [-0.05, 0) is 13.8 Å². The predicted octanol–water partition coefficient (Wildman–Crippen LogP) is 0.321. The Hall–Kier alpha value is -1.39. The van der Waals surface area contributed by atoms with Crippen LogP contribution in [-0.4, -0.2) is 28.1 Å². The fourth-order valence-electron chi connectivity index (χ4n) is 0.833. The van der Waals surface area contributed by atoms with Crippen molar-refractivity contribution in [2.45, 2.75) is 19.9 Å². The number of aryl methyl sites for hydroxylation is 1. The Kier molecular flexibility index (Phi) is 2.42. The van der Waals surface area contributed by atoms with Gasteiger partial charge in [0.15, 0.2) is 0 Å². The minimum atomic E-state index is -0.406. The van der Waals surface area contributed by atoms with Crippen LogP contribution < -0.4 is 0 Å². The zero-order valence-electron chi connectivity index (χ0n) is 7.31. The van der Waals surface area contributed by atoms with Crippen molar-refractivity contribution in [3.63, 3.8) is 0 Å². The summed E-state index contributed by atoms with van der Waals surface area (Å²) in [5, 5.41) is 7.51. The number of esters is 1. The number of hydrogen-bond acceptors (Lipinski definition) is 4. The number of nitrogens with zero attached hydrogens (tertiary/aromatic N) is 3. The van der Waals surface area contributed by atoms with Gasteiger partial charge in [0, 0.05) is 6.20 Å². The van der Waals surface area contributed by atoms with Crippen LogP contribution in [0.4, 0.5) is 0 Å². The Labute approximate surface area is 70.3 Å². The summed E-state index contributed by atoms with van der Waals surface area (Å²) in [4.78, 5) is 11.0. The summed E-state index contributed by atoms with van der Waals surface area (Å²) < 4.78 is 6.02. The van der Waals surface area contributed by atoms with Gasteiger partial charge in [0.25, 0.3) is 0 Å². The van der Waals surface area contributed by atoms with Crippen LogP contribution in [0.3, 0.4) is 0 Å². The summed E-state index contributed by atoms with van der Waals surface area (Å²) in [6.07, 6.45) is 1.70. The molecular weight excluding hydrogens is 158 g/mol. The minimum Gasteiger partial charge on any atom is -0.467 e. The lowest BCUT2D eigenvalue weighted by Crippen LogP contribution is -2.18. The second-order valence-corrected chi connectivity index (χ2v) is 2.54. The highest BCUT2D eigenvalue weighted by molar-refractivity contribution is 5.73. The second kappa shape index (κ2) is 3.34. The van der Waals surface area contributed by atoms with Crippen molar-refractivity contribution < 1.29 is 9.53 Å². The molecule has 0 N–H and O–H groups in total. The molecule has 1 rings (SSSR count). The van der Waals surface area contributed by atoms with E-state index in [-0.39, 0.29) is 5.97 Å². The SMILES string of the molecule is COC(=O)[C@H](C)n1cc(C)nn1. The standard InChI is InChI=1S/C7H11N3O2/c1-5-4-10(9-8-5)6(2)7(11)12-3/h4,6H,1-3H3/t6-/m0/s1. The number of rotatable bonds is 2. The summed E-state index contributed by atoms with van der Waals surface area (Å²) in [5.41, 5.74) is 0.783. The molecule has 5 heteroatoms. The highest BCUT2D eigenvalue weighted by Crippen LogP contribution is 2.05. The molecule has 66 valence electrons. The van der Waals surface area contributed by atoms with Crippen molar-refractivity contribution in [3.05, 3.63) is 11.9 Å². The zero-order valence-corrected chi connectivity index (χ0v) is 7.31. The van der Waals surface area contributed by atoms with Crippen LogP contribution in [0.2, 0.25) is 0 Å². The fourth-order valence-corrected chi connectivity index (χ4v) is 0.833. The Bertz CT molecular complexity index is 282. The lowest BCUT2D eigenvalue weighted by atomic mass is 10.3. The minimum absolute atomic E-state index is 0.320. The van der Waals surface area contributed by atoms with Crippen LogP contribution in [0.25, 0.3) is 0 Å². The maximum Gasteiger partial charge on any atom is 0.330 e. The van der Waals surface area contributed by atoms with Gasteiger partial charge in [0.05, 0.1) is 12.8 Å². The topological polar surface area (TPSA) is 57.0 Å². The van der Waals surface area contributed by atoms with Gasteiger partial charge in [-0.3, -0.25) is 0 Å². The van der Waals surface area contributed by atoms with Crippen molar-refractivity contribution in [2.24, 2.45) is 0 Å². The summed E-state index contributed by atoms with van der Waals surface area (Å²) in [6, 6.07) is -0.406. The molecule has 0 aliphatic carbocycles. The predicted molar refractivity (Wildman–Crippen MR) is 41.5 cm³/mol. The molecule has 12 heavy (non-hydrogen) atoms.